The van der Waals surface area contributed by atoms with Crippen LogP contribution in [0.25, 0.3) is 0 Å². The molecule has 1 heterocycles. The van der Waals surface area contributed by atoms with Gasteiger partial charge in [-0.3, -0.25) is 9.59 Å². The standard InChI is InChI=1S/C15H18F3N3O3.ClH/c1-9(19)7-13(22)20-12-5-6-21(14(12)23)10-3-2-4-11(8-10)24-15(16,17)18;/h2-4,8-9,12H,5-7,19H2,1H3,(H,20,22);1H. The highest BCUT2D eigenvalue weighted by Crippen LogP contribution is 2.29. The summed E-state index contributed by atoms with van der Waals surface area (Å²) in [6, 6.07) is 4.13. The molecule has 2 rings (SSSR count). The lowest BCUT2D eigenvalue weighted by Gasteiger charge is -2.18. The molecule has 1 saturated heterocycles. The Kier molecular flexibility index (Phi) is 7.06. The summed E-state index contributed by atoms with van der Waals surface area (Å²) >= 11 is 0. The molecule has 0 spiro atoms. The zero-order valence-corrected chi connectivity index (χ0v) is 14.2. The Morgan fingerprint density at radius 1 is 1.48 bits per heavy atom. The van der Waals surface area contributed by atoms with Gasteiger partial charge in [0.1, 0.15) is 11.8 Å². The molecular weight excluding hydrogens is 363 g/mol. The van der Waals surface area contributed by atoms with Crippen LogP contribution in [-0.4, -0.2) is 36.8 Å². The molecule has 0 aromatic heterocycles. The van der Waals surface area contributed by atoms with Crippen LogP contribution in [0, 0.1) is 0 Å². The van der Waals surface area contributed by atoms with E-state index in [0.717, 1.165) is 12.1 Å². The molecule has 1 aliphatic rings. The number of rotatable bonds is 5. The maximum Gasteiger partial charge on any atom is 0.573 e. The van der Waals surface area contributed by atoms with Crippen molar-refractivity contribution in [3.05, 3.63) is 24.3 Å². The molecule has 2 atom stereocenters. The number of nitrogens with two attached hydrogens (primary N) is 1. The Morgan fingerprint density at radius 2 is 2.16 bits per heavy atom. The molecule has 0 radical (unpaired) electrons. The number of benzene rings is 1. The maximum absolute atomic E-state index is 12.3. The summed E-state index contributed by atoms with van der Waals surface area (Å²) in [7, 11) is 0. The lowest BCUT2D eigenvalue weighted by atomic mass is 10.2. The van der Waals surface area contributed by atoms with Gasteiger partial charge in [0, 0.05) is 30.8 Å². The van der Waals surface area contributed by atoms with Gasteiger partial charge in [-0.15, -0.1) is 25.6 Å². The minimum absolute atomic E-state index is 0. The molecule has 2 unspecified atom stereocenters. The number of alkyl halides is 3. The van der Waals surface area contributed by atoms with E-state index in [1.165, 1.54) is 17.0 Å². The molecule has 6 nitrogen and oxygen atoms in total. The second kappa shape index (κ2) is 8.39. The van der Waals surface area contributed by atoms with E-state index in [9.17, 15) is 22.8 Å². The van der Waals surface area contributed by atoms with Crippen LogP contribution in [0.5, 0.6) is 5.75 Å². The Morgan fingerprint density at radius 3 is 2.76 bits per heavy atom. The first-order valence-electron chi connectivity index (χ1n) is 7.38. The fourth-order valence-corrected chi connectivity index (χ4v) is 2.46. The van der Waals surface area contributed by atoms with Gasteiger partial charge in [-0.2, -0.15) is 0 Å². The van der Waals surface area contributed by atoms with Crippen molar-refractivity contribution in [3.63, 3.8) is 0 Å². The van der Waals surface area contributed by atoms with Crippen LogP contribution >= 0.6 is 12.4 Å². The average Bonchev–Trinajstić information content (AvgIpc) is 2.77. The first-order chi connectivity index (χ1) is 11.2. The van der Waals surface area contributed by atoms with E-state index in [4.69, 9.17) is 5.73 Å². The molecule has 0 aliphatic carbocycles. The van der Waals surface area contributed by atoms with Crippen LogP contribution in [0.2, 0.25) is 0 Å². The van der Waals surface area contributed by atoms with E-state index in [-0.39, 0.29) is 48.9 Å². The second-order valence-electron chi connectivity index (χ2n) is 5.63. The SMILES string of the molecule is CC(N)CC(=O)NC1CCN(c2cccc(OC(F)(F)F)c2)C1=O.Cl. The smallest absolute Gasteiger partial charge is 0.406 e. The van der Waals surface area contributed by atoms with Crippen LogP contribution in [-0.2, 0) is 9.59 Å². The number of nitrogens with one attached hydrogen (secondary N) is 1. The van der Waals surface area contributed by atoms with E-state index < -0.39 is 18.2 Å². The van der Waals surface area contributed by atoms with Crippen molar-refractivity contribution in [1.29, 1.82) is 0 Å². The first-order valence-corrected chi connectivity index (χ1v) is 7.38. The lowest BCUT2D eigenvalue weighted by Crippen LogP contribution is -2.43. The topological polar surface area (TPSA) is 84.7 Å². The van der Waals surface area contributed by atoms with Crippen molar-refractivity contribution in [2.45, 2.75) is 38.2 Å². The average molecular weight is 382 g/mol. The largest absolute Gasteiger partial charge is 0.573 e. The number of hydrogen-bond donors (Lipinski definition) is 2. The van der Waals surface area contributed by atoms with Crippen LogP contribution in [0.15, 0.2) is 24.3 Å². The Balaban J connectivity index is 0.00000312. The van der Waals surface area contributed by atoms with Gasteiger partial charge in [0.2, 0.25) is 11.8 Å². The second-order valence-corrected chi connectivity index (χ2v) is 5.63. The highest BCUT2D eigenvalue weighted by molar-refractivity contribution is 6.01. The highest BCUT2D eigenvalue weighted by Gasteiger charge is 2.35. The Hall–Kier alpha value is -2.00. The minimum Gasteiger partial charge on any atom is -0.406 e. The Bertz CT molecular complexity index is 626. The van der Waals surface area contributed by atoms with Gasteiger partial charge in [0.25, 0.3) is 0 Å². The maximum atomic E-state index is 12.3. The van der Waals surface area contributed by atoms with Crippen LogP contribution < -0.4 is 20.7 Å². The van der Waals surface area contributed by atoms with Gasteiger partial charge < -0.3 is 20.7 Å². The molecule has 0 saturated carbocycles. The summed E-state index contributed by atoms with van der Waals surface area (Å²) in [5, 5.41) is 2.59. The van der Waals surface area contributed by atoms with Crippen molar-refractivity contribution in [3.8, 4) is 5.75 Å². The monoisotopic (exact) mass is 381 g/mol. The summed E-state index contributed by atoms with van der Waals surface area (Å²) in [4.78, 5) is 25.4. The number of hydrogen-bond acceptors (Lipinski definition) is 4. The molecule has 25 heavy (non-hydrogen) atoms. The molecule has 1 fully saturated rings. The van der Waals surface area contributed by atoms with Crippen molar-refractivity contribution in [1.82, 2.24) is 5.32 Å². The van der Waals surface area contributed by atoms with Crippen molar-refractivity contribution in [2.24, 2.45) is 5.73 Å². The molecule has 1 aromatic rings. The molecule has 0 bridgehead atoms. The summed E-state index contributed by atoms with van der Waals surface area (Å²) in [5.41, 5.74) is 5.81. The van der Waals surface area contributed by atoms with Gasteiger partial charge in [0.05, 0.1) is 0 Å². The van der Waals surface area contributed by atoms with E-state index in [0.29, 0.717) is 6.42 Å². The zero-order chi connectivity index (χ0) is 17.9. The summed E-state index contributed by atoms with van der Waals surface area (Å²) in [6.07, 6.45) is -4.34. The number of amides is 2. The number of anilines is 1. The van der Waals surface area contributed by atoms with Gasteiger partial charge in [-0.05, 0) is 25.5 Å². The third-order valence-electron chi connectivity index (χ3n) is 3.41. The van der Waals surface area contributed by atoms with Crippen LogP contribution in [0.4, 0.5) is 18.9 Å². The van der Waals surface area contributed by atoms with E-state index in [1.54, 1.807) is 6.92 Å². The third kappa shape index (κ3) is 6.09. The van der Waals surface area contributed by atoms with E-state index in [1.807, 2.05) is 0 Å². The predicted octanol–water partition coefficient (Wildman–Crippen LogP) is 1.97. The van der Waals surface area contributed by atoms with Crippen LogP contribution in [0.3, 0.4) is 0 Å². The molecule has 140 valence electrons. The summed E-state index contributed by atoms with van der Waals surface area (Å²) < 4.78 is 40.7. The number of nitrogens with zero attached hydrogens (tertiary/aromatic N) is 1. The van der Waals surface area contributed by atoms with Crippen molar-refractivity contribution in [2.75, 3.05) is 11.4 Å². The van der Waals surface area contributed by atoms with Gasteiger partial charge >= 0.3 is 6.36 Å². The molecule has 1 aliphatic heterocycles. The number of halogens is 4. The van der Waals surface area contributed by atoms with Gasteiger partial charge in [0.15, 0.2) is 0 Å². The van der Waals surface area contributed by atoms with Crippen molar-refractivity contribution < 1.29 is 27.5 Å². The zero-order valence-electron chi connectivity index (χ0n) is 13.4. The highest BCUT2D eigenvalue weighted by atomic mass is 35.5. The van der Waals surface area contributed by atoms with Gasteiger partial charge in [-0.1, -0.05) is 6.07 Å². The molecule has 1 aromatic carbocycles. The van der Waals surface area contributed by atoms with Crippen LogP contribution in [0.1, 0.15) is 19.8 Å². The minimum atomic E-state index is -4.80. The summed E-state index contributed by atoms with van der Waals surface area (Å²) in [6.45, 7) is 1.96. The lowest BCUT2D eigenvalue weighted by molar-refractivity contribution is -0.274. The third-order valence-corrected chi connectivity index (χ3v) is 3.41. The number of ether oxygens (including phenoxy) is 1. The van der Waals surface area contributed by atoms with E-state index in [2.05, 4.69) is 10.1 Å². The molecular formula is C15H19ClF3N3O3. The molecule has 10 heteroatoms. The normalized spacial score (nSPS) is 18.5. The molecule has 3 N–H and O–H groups in total. The summed E-state index contributed by atoms with van der Waals surface area (Å²) in [5.74, 6) is -1.12. The predicted molar refractivity (Wildman–Crippen MR) is 87.5 cm³/mol. The number of carbonyl (C=O) groups is 2. The number of carbonyl (C=O) groups excluding carboxylic acids is 2. The fraction of sp³-hybridized carbons (Fsp3) is 0.467. The first kappa shape index (κ1) is 21.0. The van der Waals surface area contributed by atoms with E-state index >= 15 is 0 Å². The quantitative estimate of drug-likeness (QED) is 0.816. The fourth-order valence-electron chi connectivity index (χ4n) is 2.46. The van der Waals surface area contributed by atoms with Crippen molar-refractivity contribution >= 4 is 29.9 Å². The van der Waals surface area contributed by atoms with Gasteiger partial charge in [-0.25, -0.2) is 0 Å². The molecule has 2 amide bonds. The Labute approximate surface area is 148 Å².